The van der Waals surface area contributed by atoms with Gasteiger partial charge in [0.15, 0.2) is 0 Å². The van der Waals surface area contributed by atoms with Crippen LogP contribution in [0.2, 0.25) is 0 Å². The van der Waals surface area contributed by atoms with Crippen LogP contribution in [-0.4, -0.2) is 17.2 Å². The van der Waals surface area contributed by atoms with E-state index in [9.17, 15) is 13.9 Å². The van der Waals surface area contributed by atoms with Crippen LogP contribution in [0.1, 0.15) is 42.3 Å². The van der Waals surface area contributed by atoms with E-state index in [1.165, 1.54) is 13.2 Å². The van der Waals surface area contributed by atoms with E-state index in [0.29, 0.717) is 24.3 Å². The molecule has 0 fully saturated rings. The molecule has 1 unspecified atom stereocenters. The van der Waals surface area contributed by atoms with E-state index >= 15 is 0 Å². The maximum Gasteiger partial charge on any atom is 0.280 e. The molecule has 2 rings (SSSR count). The summed E-state index contributed by atoms with van der Waals surface area (Å²) in [6.45, 7) is 0. The van der Waals surface area contributed by atoms with E-state index in [0.717, 1.165) is 12.0 Å². The van der Waals surface area contributed by atoms with Crippen LogP contribution in [0.15, 0.2) is 6.07 Å². The monoisotopic (exact) mass is 229 g/mol. The molecule has 0 bridgehead atoms. The summed E-state index contributed by atoms with van der Waals surface area (Å²) in [4.78, 5) is 3.82. The Hall–Kier alpha value is -1.23. The number of nitrogens with zero attached hydrogens (tertiary/aromatic N) is 1. The van der Waals surface area contributed by atoms with Gasteiger partial charge in [-0.15, -0.1) is 0 Å². The summed E-state index contributed by atoms with van der Waals surface area (Å²) in [5, 5.41) is 9.72. The SMILES string of the molecule is COc1cc(C(F)F)nc2c1CCCC2O. The Morgan fingerprint density at radius 2 is 2.31 bits per heavy atom. The molecule has 0 amide bonds. The molecule has 0 aromatic carbocycles. The van der Waals surface area contributed by atoms with Gasteiger partial charge < -0.3 is 9.84 Å². The summed E-state index contributed by atoms with van der Waals surface area (Å²) >= 11 is 0. The number of aliphatic hydroxyl groups is 1. The number of aromatic nitrogens is 1. The largest absolute Gasteiger partial charge is 0.496 e. The quantitative estimate of drug-likeness (QED) is 0.846. The van der Waals surface area contributed by atoms with Crippen molar-refractivity contribution in [1.29, 1.82) is 0 Å². The summed E-state index contributed by atoms with van der Waals surface area (Å²) in [6, 6.07) is 1.25. The van der Waals surface area contributed by atoms with Crippen LogP contribution in [0.4, 0.5) is 8.78 Å². The molecule has 0 spiro atoms. The van der Waals surface area contributed by atoms with Gasteiger partial charge in [0, 0.05) is 11.6 Å². The van der Waals surface area contributed by atoms with Gasteiger partial charge >= 0.3 is 0 Å². The Morgan fingerprint density at radius 1 is 1.56 bits per heavy atom. The summed E-state index contributed by atoms with van der Waals surface area (Å²) in [5.41, 5.74) is 0.767. The number of rotatable bonds is 2. The third-order valence-corrected chi connectivity index (χ3v) is 2.80. The fourth-order valence-corrected chi connectivity index (χ4v) is 2.02. The highest BCUT2D eigenvalue weighted by molar-refractivity contribution is 5.41. The van der Waals surface area contributed by atoms with Crippen molar-refractivity contribution >= 4 is 0 Å². The van der Waals surface area contributed by atoms with Crippen molar-refractivity contribution in [1.82, 2.24) is 4.98 Å². The lowest BCUT2D eigenvalue weighted by Crippen LogP contribution is -2.14. The predicted octanol–water partition coefficient (Wildman–Crippen LogP) is 2.40. The first kappa shape index (κ1) is 11.3. The lowest BCUT2D eigenvalue weighted by Gasteiger charge is -2.23. The van der Waals surface area contributed by atoms with Gasteiger partial charge in [0.2, 0.25) is 0 Å². The molecule has 0 radical (unpaired) electrons. The zero-order valence-corrected chi connectivity index (χ0v) is 8.91. The van der Waals surface area contributed by atoms with E-state index in [-0.39, 0.29) is 5.69 Å². The second-order valence-electron chi connectivity index (χ2n) is 3.82. The molecule has 1 aliphatic rings. The number of fused-ring (bicyclic) bond motifs is 1. The molecule has 1 aromatic rings. The summed E-state index contributed by atoms with van der Waals surface area (Å²) in [5.74, 6) is 0.402. The molecule has 1 atom stereocenters. The first-order valence-electron chi connectivity index (χ1n) is 5.17. The standard InChI is InChI=1S/C11H13F2NO2/c1-16-9-5-7(11(12)13)14-10-6(9)3-2-4-8(10)15/h5,8,11,15H,2-4H2,1H3. The number of halogens is 2. The molecule has 5 heteroatoms. The second kappa shape index (κ2) is 4.33. The molecule has 1 N–H and O–H groups in total. The van der Waals surface area contributed by atoms with Crippen molar-refractivity contribution in [3.63, 3.8) is 0 Å². The van der Waals surface area contributed by atoms with Crippen LogP contribution in [0.25, 0.3) is 0 Å². The minimum atomic E-state index is -2.65. The Morgan fingerprint density at radius 3 is 2.94 bits per heavy atom. The maximum absolute atomic E-state index is 12.6. The Kier molecular flexibility index (Phi) is 3.05. The van der Waals surface area contributed by atoms with Gasteiger partial charge in [0.05, 0.1) is 18.9 Å². The van der Waals surface area contributed by atoms with Crippen LogP contribution < -0.4 is 4.74 Å². The molecule has 1 aromatic heterocycles. The molecule has 1 aliphatic carbocycles. The first-order chi connectivity index (χ1) is 7.63. The highest BCUT2D eigenvalue weighted by Gasteiger charge is 2.25. The molecular weight excluding hydrogens is 216 g/mol. The minimum absolute atomic E-state index is 0.337. The van der Waals surface area contributed by atoms with Crippen LogP contribution in [-0.2, 0) is 6.42 Å². The number of ether oxygens (including phenoxy) is 1. The first-order valence-corrected chi connectivity index (χ1v) is 5.17. The minimum Gasteiger partial charge on any atom is -0.496 e. The van der Waals surface area contributed by atoms with E-state index in [2.05, 4.69) is 4.98 Å². The number of pyridine rings is 1. The fraction of sp³-hybridized carbons (Fsp3) is 0.545. The molecule has 1 heterocycles. The van der Waals surface area contributed by atoms with Crippen molar-refractivity contribution in [2.75, 3.05) is 7.11 Å². The van der Waals surface area contributed by atoms with Crippen molar-refractivity contribution < 1.29 is 18.6 Å². The normalized spacial score (nSPS) is 19.7. The number of alkyl halides is 2. The van der Waals surface area contributed by atoms with Gasteiger partial charge in [-0.25, -0.2) is 13.8 Å². The molecule has 88 valence electrons. The van der Waals surface area contributed by atoms with Crippen molar-refractivity contribution in [3.8, 4) is 5.75 Å². The fourth-order valence-electron chi connectivity index (χ4n) is 2.02. The van der Waals surface area contributed by atoms with Gasteiger partial charge in [-0.05, 0) is 19.3 Å². The van der Waals surface area contributed by atoms with Crippen LogP contribution in [0.5, 0.6) is 5.75 Å². The van der Waals surface area contributed by atoms with Crippen LogP contribution >= 0.6 is 0 Å². The number of hydrogen-bond acceptors (Lipinski definition) is 3. The topological polar surface area (TPSA) is 42.4 Å². The zero-order chi connectivity index (χ0) is 11.7. The van der Waals surface area contributed by atoms with E-state index in [4.69, 9.17) is 4.74 Å². The Bertz CT molecular complexity index is 396. The summed E-state index contributed by atoms with van der Waals surface area (Å²) in [7, 11) is 1.44. The zero-order valence-electron chi connectivity index (χ0n) is 8.91. The average molecular weight is 229 g/mol. The van der Waals surface area contributed by atoms with Crippen molar-refractivity contribution in [2.45, 2.75) is 31.8 Å². The molecule has 0 aliphatic heterocycles. The van der Waals surface area contributed by atoms with Gasteiger partial charge in [0.1, 0.15) is 11.4 Å². The third-order valence-electron chi connectivity index (χ3n) is 2.80. The van der Waals surface area contributed by atoms with Crippen molar-refractivity contribution in [2.24, 2.45) is 0 Å². The lowest BCUT2D eigenvalue weighted by atomic mass is 9.92. The van der Waals surface area contributed by atoms with Gasteiger partial charge in [-0.1, -0.05) is 0 Å². The molecule has 16 heavy (non-hydrogen) atoms. The maximum atomic E-state index is 12.6. The van der Waals surface area contributed by atoms with Gasteiger partial charge in [-0.3, -0.25) is 0 Å². The summed E-state index contributed by atoms with van der Waals surface area (Å²) < 4.78 is 30.2. The average Bonchev–Trinajstić information content (AvgIpc) is 2.28. The second-order valence-corrected chi connectivity index (χ2v) is 3.82. The van der Waals surface area contributed by atoms with Gasteiger partial charge in [-0.2, -0.15) is 0 Å². The van der Waals surface area contributed by atoms with E-state index in [1.807, 2.05) is 0 Å². The molecule has 0 saturated heterocycles. The molecular formula is C11H13F2NO2. The third kappa shape index (κ3) is 1.87. The smallest absolute Gasteiger partial charge is 0.280 e. The number of methoxy groups -OCH3 is 1. The van der Waals surface area contributed by atoms with Crippen LogP contribution in [0.3, 0.4) is 0 Å². The Labute approximate surface area is 92.1 Å². The Balaban J connectivity index is 2.53. The number of hydrogen-bond donors (Lipinski definition) is 1. The highest BCUT2D eigenvalue weighted by atomic mass is 19.3. The van der Waals surface area contributed by atoms with Crippen LogP contribution in [0, 0.1) is 0 Å². The molecule has 0 saturated carbocycles. The highest BCUT2D eigenvalue weighted by Crippen LogP contribution is 2.36. The number of aliphatic hydroxyl groups excluding tert-OH is 1. The van der Waals surface area contributed by atoms with Gasteiger partial charge in [0.25, 0.3) is 6.43 Å². The van der Waals surface area contributed by atoms with E-state index in [1.54, 1.807) is 0 Å². The lowest BCUT2D eigenvalue weighted by molar-refractivity contribution is 0.134. The van der Waals surface area contributed by atoms with E-state index < -0.39 is 12.5 Å². The van der Waals surface area contributed by atoms with Crippen molar-refractivity contribution in [3.05, 3.63) is 23.0 Å². The summed E-state index contributed by atoms with van der Waals surface area (Å²) in [6.07, 6.45) is -1.30. The molecule has 3 nitrogen and oxygen atoms in total. The predicted molar refractivity (Wildman–Crippen MR) is 53.6 cm³/mol.